The van der Waals surface area contributed by atoms with Crippen molar-refractivity contribution in [2.24, 2.45) is 0 Å². The molecule has 3 nitrogen and oxygen atoms in total. The summed E-state index contributed by atoms with van der Waals surface area (Å²) in [4.78, 5) is 5.35. The maximum absolute atomic E-state index is 2.82. The van der Waals surface area contributed by atoms with E-state index in [1.165, 1.54) is 104 Å². The molecule has 1 aliphatic carbocycles. The molecule has 42 heavy (non-hydrogen) atoms. The maximum atomic E-state index is 2.82. The molecule has 1 unspecified atom stereocenters. The van der Waals surface area contributed by atoms with Crippen LogP contribution < -0.4 is 9.47 Å². The molecule has 4 heterocycles. The average molecular weight is 547 g/mol. The van der Waals surface area contributed by atoms with Gasteiger partial charge in [-0.05, 0) is 91.2 Å². The Morgan fingerprint density at radius 3 is 2.40 bits per heavy atom. The second-order valence-corrected chi connectivity index (χ2v) is 12.9. The molecule has 1 aromatic heterocycles. The van der Waals surface area contributed by atoms with Crippen molar-refractivity contribution >= 4 is 38.6 Å². The van der Waals surface area contributed by atoms with Gasteiger partial charge >= 0.3 is 0 Å². The van der Waals surface area contributed by atoms with Gasteiger partial charge in [0.25, 0.3) is 5.66 Å². The Morgan fingerprint density at radius 2 is 1.57 bits per heavy atom. The van der Waals surface area contributed by atoms with E-state index in [4.69, 9.17) is 0 Å². The third-order valence-electron chi connectivity index (χ3n) is 10.2. The zero-order valence-corrected chi connectivity index (χ0v) is 24.7. The number of nitrogens with zero attached hydrogens (tertiary/aromatic N) is 3. The number of rotatable bonds is 2. The van der Waals surface area contributed by atoms with Crippen LogP contribution in [0.1, 0.15) is 57.1 Å². The lowest BCUT2D eigenvalue weighted by molar-refractivity contribution is -0.748. The summed E-state index contributed by atoms with van der Waals surface area (Å²) in [5.74, 6) is 0. The van der Waals surface area contributed by atoms with Gasteiger partial charge in [-0.2, -0.15) is 4.57 Å². The van der Waals surface area contributed by atoms with Crippen molar-refractivity contribution in [2.75, 3.05) is 4.90 Å². The highest BCUT2D eigenvalue weighted by molar-refractivity contribution is 6.16. The normalized spacial score (nSPS) is 20.9. The largest absolute Gasteiger partial charge is 0.309 e. The van der Waals surface area contributed by atoms with Crippen molar-refractivity contribution in [1.82, 2.24) is 4.90 Å². The van der Waals surface area contributed by atoms with Crippen LogP contribution in [0.25, 0.3) is 32.8 Å². The second kappa shape index (κ2) is 8.58. The van der Waals surface area contributed by atoms with E-state index in [0.29, 0.717) is 6.04 Å². The lowest BCUT2D eigenvalue weighted by atomic mass is 9.82. The van der Waals surface area contributed by atoms with Crippen molar-refractivity contribution in [3.05, 3.63) is 120 Å². The highest BCUT2D eigenvalue weighted by Gasteiger charge is 2.60. The monoisotopic (exact) mass is 546 g/mol. The molecule has 3 heteroatoms. The lowest BCUT2D eigenvalue weighted by Crippen LogP contribution is -2.66. The van der Waals surface area contributed by atoms with Gasteiger partial charge in [-0.15, -0.1) is 0 Å². The van der Waals surface area contributed by atoms with Gasteiger partial charge in [-0.25, -0.2) is 0 Å². The lowest BCUT2D eigenvalue weighted by Gasteiger charge is -2.46. The van der Waals surface area contributed by atoms with Crippen molar-refractivity contribution in [2.45, 2.75) is 64.6 Å². The molecule has 9 rings (SSSR count). The van der Waals surface area contributed by atoms with Crippen molar-refractivity contribution in [3.63, 3.8) is 0 Å². The summed E-state index contributed by atoms with van der Waals surface area (Å²) >= 11 is 0. The minimum absolute atomic E-state index is 0.422. The Kier molecular flexibility index (Phi) is 4.95. The summed E-state index contributed by atoms with van der Waals surface area (Å²) in [6.07, 6.45) is 13.8. The van der Waals surface area contributed by atoms with Crippen LogP contribution in [0.3, 0.4) is 0 Å². The molecule has 1 atom stereocenters. The molecule has 0 amide bonds. The topological polar surface area (TPSA) is 10.4 Å². The number of benzene rings is 4. The fraction of sp³-hybridized carbons (Fsp3) is 0.256. The van der Waals surface area contributed by atoms with Gasteiger partial charge in [0.05, 0.1) is 27.9 Å². The first kappa shape index (κ1) is 24.2. The number of aryl methyl sites for hydroxylation is 1. The summed E-state index contributed by atoms with van der Waals surface area (Å²) < 4.78 is 2.66. The number of hydrogen-bond donors (Lipinski definition) is 0. The van der Waals surface area contributed by atoms with E-state index in [2.05, 4.69) is 132 Å². The zero-order valence-electron chi connectivity index (χ0n) is 24.7. The molecule has 0 bridgehead atoms. The SMILES string of the molecule is CC1=CC2(c3c4c(cc5ccccc35)N(c3ccccc3)c3cc(C)cc5cc[n+]2c-4c35)N(C2CCCCC2)C(C)=C1. The van der Waals surface area contributed by atoms with Gasteiger partial charge in [0, 0.05) is 29.6 Å². The fourth-order valence-corrected chi connectivity index (χ4v) is 8.86. The zero-order chi connectivity index (χ0) is 28.2. The number of anilines is 3. The van der Waals surface area contributed by atoms with E-state index < -0.39 is 5.66 Å². The molecule has 0 saturated heterocycles. The number of pyridine rings is 1. The minimum Gasteiger partial charge on any atom is -0.309 e. The molecule has 4 aliphatic rings. The molecule has 4 aromatic carbocycles. The van der Waals surface area contributed by atoms with Gasteiger partial charge in [0.15, 0.2) is 6.20 Å². The van der Waals surface area contributed by atoms with E-state index in [1.807, 2.05) is 0 Å². The van der Waals surface area contributed by atoms with Gasteiger partial charge in [-0.1, -0.05) is 67.8 Å². The van der Waals surface area contributed by atoms with Gasteiger partial charge < -0.3 is 9.80 Å². The Balaban J connectivity index is 1.50. The van der Waals surface area contributed by atoms with E-state index in [1.54, 1.807) is 0 Å². The maximum Gasteiger partial charge on any atom is 0.292 e. The van der Waals surface area contributed by atoms with Crippen LogP contribution in [-0.2, 0) is 5.66 Å². The van der Waals surface area contributed by atoms with Crippen LogP contribution >= 0.6 is 0 Å². The molecule has 0 N–H and O–H groups in total. The first-order valence-electron chi connectivity index (χ1n) is 15.6. The molecule has 3 aliphatic heterocycles. The molecule has 1 spiro atoms. The number of hydrogen-bond acceptors (Lipinski definition) is 2. The molecular weight excluding hydrogens is 510 g/mol. The van der Waals surface area contributed by atoms with E-state index in [9.17, 15) is 0 Å². The fourth-order valence-electron chi connectivity index (χ4n) is 8.86. The first-order valence-corrected chi connectivity index (χ1v) is 15.6. The standard InChI is InChI=1S/C39H36N3/c1-25-21-29-18-19-40-38-35(29)33(22-25)41(30-13-6-4-7-14-30)34-23-28-12-10-11-17-32(28)37(36(34)38)39(40)24-26(2)20-27(3)42(39)31-15-8-5-9-16-31/h4,6-7,10-14,17-24,31H,5,8-9,15-16H2,1-3H3/q+1. The molecule has 0 radical (unpaired) electrons. The van der Waals surface area contributed by atoms with E-state index >= 15 is 0 Å². The number of para-hydroxylation sites is 1. The summed E-state index contributed by atoms with van der Waals surface area (Å²) in [6, 6.07) is 30.1. The van der Waals surface area contributed by atoms with Crippen molar-refractivity contribution in [1.29, 1.82) is 0 Å². The third kappa shape index (κ3) is 3.04. The predicted octanol–water partition coefficient (Wildman–Crippen LogP) is 9.55. The quantitative estimate of drug-likeness (QED) is 0.200. The van der Waals surface area contributed by atoms with Crippen LogP contribution in [0.15, 0.2) is 108 Å². The van der Waals surface area contributed by atoms with Gasteiger partial charge in [0.2, 0.25) is 5.69 Å². The van der Waals surface area contributed by atoms with E-state index in [0.717, 1.165) is 0 Å². The molecular formula is C39H36N3+. The smallest absolute Gasteiger partial charge is 0.292 e. The Hall–Kier alpha value is -4.37. The van der Waals surface area contributed by atoms with E-state index in [-0.39, 0.29) is 0 Å². The Labute approximate surface area is 248 Å². The van der Waals surface area contributed by atoms with Crippen LogP contribution in [0, 0.1) is 6.92 Å². The van der Waals surface area contributed by atoms with Gasteiger partial charge in [0.1, 0.15) is 0 Å². The number of fused-ring (bicyclic) bond motifs is 4. The van der Waals surface area contributed by atoms with Crippen LogP contribution in [-0.4, -0.2) is 10.9 Å². The van der Waals surface area contributed by atoms with Gasteiger partial charge in [-0.3, -0.25) is 0 Å². The minimum atomic E-state index is -0.422. The van der Waals surface area contributed by atoms with Crippen molar-refractivity contribution in [3.8, 4) is 11.3 Å². The third-order valence-corrected chi connectivity index (χ3v) is 10.2. The molecule has 1 fully saturated rings. The van der Waals surface area contributed by atoms with Crippen LogP contribution in [0.2, 0.25) is 0 Å². The molecule has 206 valence electrons. The highest BCUT2D eigenvalue weighted by atomic mass is 15.4. The average Bonchev–Trinajstić information content (AvgIpc) is 3.28. The van der Waals surface area contributed by atoms with Crippen molar-refractivity contribution < 1.29 is 4.57 Å². The first-order chi connectivity index (χ1) is 20.6. The Morgan fingerprint density at radius 1 is 0.786 bits per heavy atom. The molecule has 5 aromatic rings. The van der Waals surface area contributed by atoms with Crippen LogP contribution in [0.5, 0.6) is 0 Å². The summed E-state index contributed by atoms with van der Waals surface area (Å²) in [5.41, 5.74) is 11.5. The Bertz CT molecular complexity index is 2010. The summed E-state index contributed by atoms with van der Waals surface area (Å²) in [6.45, 7) is 6.87. The number of aromatic nitrogens is 1. The van der Waals surface area contributed by atoms with Crippen LogP contribution in [0.4, 0.5) is 17.1 Å². The highest BCUT2D eigenvalue weighted by Crippen LogP contribution is 2.59. The summed E-state index contributed by atoms with van der Waals surface area (Å²) in [7, 11) is 0. The summed E-state index contributed by atoms with van der Waals surface area (Å²) in [5, 5.41) is 5.33. The number of allylic oxidation sites excluding steroid dienone is 3. The molecule has 1 saturated carbocycles. The second-order valence-electron chi connectivity index (χ2n) is 12.9. The predicted molar refractivity (Wildman–Crippen MR) is 173 cm³/mol.